The number of rotatable bonds is 7. The van der Waals surface area contributed by atoms with Gasteiger partial charge in [0.25, 0.3) is 0 Å². The number of nitrogens with one attached hydrogen (secondary N) is 1. The van der Waals surface area contributed by atoms with Crippen molar-refractivity contribution in [3.63, 3.8) is 0 Å². The van der Waals surface area contributed by atoms with Gasteiger partial charge in [0.15, 0.2) is 0 Å². The fraction of sp³-hybridized carbons (Fsp3) is 0.538. The van der Waals surface area contributed by atoms with Crippen LogP contribution in [0.3, 0.4) is 0 Å². The minimum absolute atomic E-state index is 0.00763. The fourth-order valence-corrected chi connectivity index (χ4v) is 3.11. The van der Waals surface area contributed by atoms with Gasteiger partial charge in [-0.25, -0.2) is 13.1 Å². The van der Waals surface area contributed by atoms with E-state index in [4.69, 9.17) is 0 Å². The van der Waals surface area contributed by atoms with E-state index in [0.29, 0.717) is 6.42 Å². The summed E-state index contributed by atoms with van der Waals surface area (Å²) in [7, 11) is -3.09. The Morgan fingerprint density at radius 1 is 1.24 bits per heavy atom. The molecule has 0 unspecified atom stereocenters. The molecule has 0 radical (unpaired) electrons. The first-order valence-electron chi connectivity index (χ1n) is 6.07. The van der Waals surface area contributed by atoms with E-state index in [0.717, 1.165) is 12.8 Å². The second-order valence-electron chi connectivity index (χ2n) is 4.36. The first kappa shape index (κ1) is 14.2. The summed E-state index contributed by atoms with van der Waals surface area (Å²) in [4.78, 5) is 0. The molecule has 1 aromatic carbocycles. The van der Waals surface area contributed by atoms with Crippen molar-refractivity contribution >= 4 is 10.0 Å². The summed E-state index contributed by atoms with van der Waals surface area (Å²) in [6.45, 7) is 3.78. The van der Waals surface area contributed by atoms with Gasteiger partial charge in [0.2, 0.25) is 10.0 Å². The predicted octanol–water partition coefficient (Wildman–Crippen LogP) is 2.34. The van der Waals surface area contributed by atoms with Crippen molar-refractivity contribution in [2.75, 3.05) is 5.75 Å². The SMILES string of the molecule is CCCS(=O)(=O)N[C@H](C)CCc1ccccc1. The first-order chi connectivity index (χ1) is 8.03. The maximum absolute atomic E-state index is 11.5. The van der Waals surface area contributed by atoms with E-state index in [1.54, 1.807) is 0 Å². The highest BCUT2D eigenvalue weighted by atomic mass is 32.2. The molecular weight excluding hydrogens is 234 g/mol. The van der Waals surface area contributed by atoms with Crippen molar-refractivity contribution in [1.82, 2.24) is 4.72 Å². The van der Waals surface area contributed by atoms with E-state index in [2.05, 4.69) is 16.9 Å². The molecule has 1 N–H and O–H groups in total. The lowest BCUT2D eigenvalue weighted by Crippen LogP contribution is -2.34. The molecule has 0 saturated carbocycles. The van der Waals surface area contributed by atoms with Gasteiger partial charge >= 0.3 is 0 Å². The molecule has 0 saturated heterocycles. The van der Waals surface area contributed by atoms with Gasteiger partial charge in [-0.2, -0.15) is 0 Å². The Bertz CT molecular complexity index is 414. The molecule has 1 atom stereocenters. The normalized spacial score (nSPS) is 13.5. The molecule has 96 valence electrons. The number of hydrogen-bond donors (Lipinski definition) is 1. The maximum atomic E-state index is 11.5. The third-order valence-electron chi connectivity index (χ3n) is 2.56. The highest BCUT2D eigenvalue weighted by Crippen LogP contribution is 2.05. The molecule has 0 bridgehead atoms. The Hall–Kier alpha value is -0.870. The standard InChI is InChI=1S/C13H21NO2S/c1-3-11-17(15,16)14-12(2)9-10-13-7-5-4-6-8-13/h4-8,12,14H,3,9-11H2,1-2H3/t12-/m1/s1. The Labute approximate surface area is 104 Å². The predicted molar refractivity (Wildman–Crippen MR) is 71.4 cm³/mol. The number of benzene rings is 1. The van der Waals surface area contributed by atoms with Crippen LogP contribution in [0, 0.1) is 0 Å². The molecule has 0 heterocycles. The monoisotopic (exact) mass is 255 g/mol. The summed E-state index contributed by atoms with van der Waals surface area (Å²) in [6, 6.07) is 10.1. The highest BCUT2D eigenvalue weighted by Gasteiger charge is 2.12. The second-order valence-corrected chi connectivity index (χ2v) is 6.24. The summed E-state index contributed by atoms with van der Waals surface area (Å²) in [5, 5.41) is 0. The number of aryl methyl sites for hydroxylation is 1. The smallest absolute Gasteiger partial charge is 0.211 e. The van der Waals surface area contributed by atoms with Crippen molar-refractivity contribution in [3.8, 4) is 0 Å². The third-order valence-corrected chi connectivity index (χ3v) is 4.27. The van der Waals surface area contributed by atoms with Crippen LogP contribution in [-0.4, -0.2) is 20.2 Å². The largest absolute Gasteiger partial charge is 0.212 e. The van der Waals surface area contributed by atoms with Gasteiger partial charge in [-0.05, 0) is 31.7 Å². The van der Waals surface area contributed by atoms with Gasteiger partial charge in [0, 0.05) is 6.04 Å². The van der Waals surface area contributed by atoms with Crippen LogP contribution in [0.25, 0.3) is 0 Å². The Morgan fingerprint density at radius 2 is 1.88 bits per heavy atom. The molecule has 0 aliphatic carbocycles. The third kappa shape index (κ3) is 5.84. The van der Waals surface area contributed by atoms with Gasteiger partial charge < -0.3 is 0 Å². The molecule has 17 heavy (non-hydrogen) atoms. The summed E-state index contributed by atoms with van der Waals surface area (Å²) < 4.78 is 25.8. The Kier molecular flexibility index (Phi) is 5.65. The molecule has 1 rings (SSSR count). The van der Waals surface area contributed by atoms with Crippen LogP contribution in [0.1, 0.15) is 32.3 Å². The molecule has 0 fully saturated rings. The molecule has 0 spiro atoms. The van der Waals surface area contributed by atoms with E-state index in [1.165, 1.54) is 5.56 Å². The molecule has 0 aromatic heterocycles. The minimum Gasteiger partial charge on any atom is -0.212 e. The zero-order valence-corrected chi connectivity index (χ0v) is 11.3. The second kappa shape index (κ2) is 6.77. The molecule has 3 nitrogen and oxygen atoms in total. The molecule has 0 amide bonds. The average molecular weight is 255 g/mol. The quantitative estimate of drug-likeness (QED) is 0.813. The van der Waals surface area contributed by atoms with E-state index >= 15 is 0 Å². The number of sulfonamides is 1. The highest BCUT2D eigenvalue weighted by molar-refractivity contribution is 7.89. The number of hydrogen-bond acceptors (Lipinski definition) is 2. The van der Waals surface area contributed by atoms with Crippen LogP contribution in [0.5, 0.6) is 0 Å². The van der Waals surface area contributed by atoms with Crippen molar-refractivity contribution in [2.24, 2.45) is 0 Å². The fourth-order valence-electron chi connectivity index (χ4n) is 1.72. The van der Waals surface area contributed by atoms with E-state index in [9.17, 15) is 8.42 Å². The van der Waals surface area contributed by atoms with Gasteiger partial charge in [0.1, 0.15) is 0 Å². The van der Waals surface area contributed by atoms with Crippen molar-refractivity contribution < 1.29 is 8.42 Å². The molecule has 0 aliphatic rings. The summed E-state index contributed by atoms with van der Waals surface area (Å²) in [6.07, 6.45) is 2.38. The topological polar surface area (TPSA) is 46.2 Å². The van der Waals surface area contributed by atoms with Crippen LogP contribution < -0.4 is 4.72 Å². The van der Waals surface area contributed by atoms with Crippen LogP contribution >= 0.6 is 0 Å². The van der Waals surface area contributed by atoms with Gasteiger partial charge in [-0.15, -0.1) is 0 Å². The summed E-state index contributed by atoms with van der Waals surface area (Å²) in [5.41, 5.74) is 1.24. The van der Waals surface area contributed by atoms with Crippen molar-refractivity contribution in [3.05, 3.63) is 35.9 Å². The molecule has 0 aliphatic heterocycles. The zero-order valence-electron chi connectivity index (χ0n) is 10.5. The minimum atomic E-state index is -3.09. The Balaban J connectivity index is 2.38. The van der Waals surface area contributed by atoms with Crippen LogP contribution in [0.15, 0.2) is 30.3 Å². The van der Waals surface area contributed by atoms with E-state index in [1.807, 2.05) is 32.0 Å². The van der Waals surface area contributed by atoms with E-state index in [-0.39, 0.29) is 11.8 Å². The Morgan fingerprint density at radius 3 is 2.47 bits per heavy atom. The summed E-state index contributed by atoms with van der Waals surface area (Å²) >= 11 is 0. The molecule has 1 aromatic rings. The van der Waals surface area contributed by atoms with Crippen molar-refractivity contribution in [2.45, 2.75) is 39.2 Å². The lowest BCUT2D eigenvalue weighted by Gasteiger charge is -2.13. The van der Waals surface area contributed by atoms with Gasteiger partial charge in [-0.1, -0.05) is 37.3 Å². The van der Waals surface area contributed by atoms with Gasteiger partial charge in [0.05, 0.1) is 5.75 Å². The van der Waals surface area contributed by atoms with E-state index < -0.39 is 10.0 Å². The maximum Gasteiger partial charge on any atom is 0.211 e. The lowest BCUT2D eigenvalue weighted by atomic mass is 10.1. The first-order valence-corrected chi connectivity index (χ1v) is 7.72. The zero-order chi connectivity index (χ0) is 12.7. The van der Waals surface area contributed by atoms with Gasteiger partial charge in [-0.3, -0.25) is 0 Å². The average Bonchev–Trinajstić information content (AvgIpc) is 2.27. The lowest BCUT2D eigenvalue weighted by molar-refractivity contribution is 0.546. The molecule has 4 heteroatoms. The molecular formula is C13H21NO2S. The summed E-state index contributed by atoms with van der Waals surface area (Å²) in [5.74, 6) is 0.211. The van der Waals surface area contributed by atoms with Crippen molar-refractivity contribution in [1.29, 1.82) is 0 Å². The van der Waals surface area contributed by atoms with Crippen LogP contribution in [0.4, 0.5) is 0 Å². The van der Waals surface area contributed by atoms with Crippen LogP contribution in [0.2, 0.25) is 0 Å². The van der Waals surface area contributed by atoms with Crippen LogP contribution in [-0.2, 0) is 16.4 Å².